The fraction of sp³-hybridized carbons (Fsp3) is 0.0952. The van der Waals surface area contributed by atoms with Crippen molar-refractivity contribution >= 4 is 34.4 Å². The molecule has 0 saturated carbocycles. The number of anilines is 6. The minimum Gasteiger partial charge on any atom is -0.309 e. The van der Waals surface area contributed by atoms with Crippen molar-refractivity contribution in [2.45, 2.75) is 41.5 Å². The van der Waals surface area contributed by atoms with Crippen LogP contribution in [0.2, 0.25) is 0 Å². The zero-order chi connectivity index (χ0) is 46.7. The van der Waals surface area contributed by atoms with Gasteiger partial charge in [0.1, 0.15) is 0 Å². The molecule has 0 aliphatic rings. The highest BCUT2D eigenvalue weighted by Crippen LogP contribution is 2.45. The number of hydrogen-bond acceptors (Lipinski definition) is 5. The molecule has 0 aliphatic heterocycles. The Hall–Kier alpha value is -8.41. The number of rotatable bonds is 11. The summed E-state index contributed by atoms with van der Waals surface area (Å²) in [5.74, 6) is 1.68. The number of aryl methyl sites for hydroxylation is 6. The summed E-state index contributed by atoms with van der Waals surface area (Å²) in [6, 6.07) is 75.0. The Labute approximate surface area is 400 Å². The van der Waals surface area contributed by atoms with Crippen molar-refractivity contribution in [1.29, 1.82) is 0 Å². The predicted molar refractivity (Wildman–Crippen MR) is 285 cm³/mol. The average molecular weight is 880 g/mol. The summed E-state index contributed by atoms with van der Waals surface area (Å²) in [6.07, 6.45) is 0. The summed E-state index contributed by atoms with van der Waals surface area (Å²) in [4.78, 5) is 20.4. The highest BCUT2D eigenvalue weighted by atomic mass is 15.3. The molecule has 5 heteroatoms. The summed E-state index contributed by atoms with van der Waals surface area (Å²) in [5, 5.41) is 0. The molecule has 330 valence electrons. The first kappa shape index (κ1) is 43.5. The molecule has 0 amide bonds. The van der Waals surface area contributed by atoms with E-state index in [4.69, 9.17) is 15.0 Å². The molecule has 0 spiro atoms. The van der Waals surface area contributed by atoms with E-state index in [1.54, 1.807) is 0 Å². The molecule has 0 radical (unpaired) electrons. The van der Waals surface area contributed by atoms with Crippen LogP contribution in [0, 0.1) is 41.5 Å². The summed E-state index contributed by atoms with van der Waals surface area (Å²) in [6.45, 7) is 13.2. The molecule has 0 fully saturated rings. The second kappa shape index (κ2) is 18.8. The molecular formula is C63H53N5. The van der Waals surface area contributed by atoms with E-state index in [2.05, 4.69) is 245 Å². The zero-order valence-electron chi connectivity index (χ0n) is 39.4. The molecule has 68 heavy (non-hydrogen) atoms. The molecule has 0 N–H and O–H groups in total. The van der Waals surface area contributed by atoms with Crippen molar-refractivity contribution in [2.75, 3.05) is 9.80 Å². The van der Waals surface area contributed by atoms with Gasteiger partial charge in [-0.15, -0.1) is 0 Å². The van der Waals surface area contributed by atoms with E-state index in [0.717, 1.165) is 44.9 Å². The normalized spacial score (nSPS) is 11.1. The molecule has 0 atom stereocenters. The second-order valence-electron chi connectivity index (χ2n) is 17.7. The summed E-state index contributed by atoms with van der Waals surface area (Å²) in [5.41, 5.74) is 21.4. The molecule has 10 aromatic rings. The van der Waals surface area contributed by atoms with Crippen molar-refractivity contribution in [2.24, 2.45) is 0 Å². The van der Waals surface area contributed by atoms with E-state index in [9.17, 15) is 0 Å². The lowest BCUT2D eigenvalue weighted by molar-refractivity contribution is 1.02. The Bertz CT molecular complexity index is 3280. The highest BCUT2D eigenvalue weighted by Gasteiger charge is 2.24. The van der Waals surface area contributed by atoms with Crippen molar-refractivity contribution in [3.63, 3.8) is 0 Å². The van der Waals surface area contributed by atoms with Gasteiger partial charge in [-0.3, -0.25) is 4.90 Å². The van der Waals surface area contributed by atoms with Gasteiger partial charge in [-0.2, -0.15) is 9.97 Å². The van der Waals surface area contributed by atoms with Gasteiger partial charge in [0.15, 0.2) is 11.6 Å². The lowest BCUT2D eigenvalue weighted by Crippen LogP contribution is -2.17. The first-order valence-electron chi connectivity index (χ1n) is 23.3. The van der Waals surface area contributed by atoms with Crippen LogP contribution < -0.4 is 9.80 Å². The number of benzene rings is 9. The third kappa shape index (κ3) is 8.82. The third-order valence-corrected chi connectivity index (χ3v) is 12.6. The quantitative estimate of drug-likeness (QED) is 0.130. The van der Waals surface area contributed by atoms with Gasteiger partial charge in [0.25, 0.3) is 0 Å². The maximum absolute atomic E-state index is 5.36. The van der Waals surface area contributed by atoms with E-state index < -0.39 is 0 Å². The monoisotopic (exact) mass is 879 g/mol. The van der Waals surface area contributed by atoms with E-state index in [1.165, 1.54) is 61.4 Å². The molecule has 5 nitrogen and oxygen atoms in total. The van der Waals surface area contributed by atoms with E-state index in [0.29, 0.717) is 17.6 Å². The average Bonchev–Trinajstić information content (AvgIpc) is 3.36. The number of nitrogens with zero attached hydrogens (tertiary/aromatic N) is 5. The molecule has 10 rings (SSSR count). The zero-order valence-corrected chi connectivity index (χ0v) is 39.4. The van der Waals surface area contributed by atoms with Crippen molar-refractivity contribution in [3.05, 3.63) is 246 Å². The predicted octanol–water partition coefficient (Wildman–Crippen LogP) is 17.0. The van der Waals surface area contributed by atoms with Gasteiger partial charge in [-0.05, 0) is 134 Å². The maximum atomic E-state index is 5.36. The fourth-order valence-corrected chi connectivity index (χ4v) is 9.72. The second-order valence-corrected chi connectivity index (χ2v) is 17.7. The van der Waals surface area contributed by atoms with Gasteiger partial charge in [0, 0.05) is 28.2 Å². The van der Waals surface area contributed by atoms with E-state index in [-0.39, 0.29) is 0 Å². The van der Waals surface area contributed by atoms with Gasteiger partial charge in [0.2, 0.25) is 5.95 Å². The largest absolute Gasteiger partial charge is 0.309 e. The Morgan fingerprint density at radius 1 is 0.279 bits per heavy atom. The Kier molecular flexibility index (Phi) is 12.0. The molecule has 0 unspecified atom stereocenters. The number of hydrogen-bond donors (Lipinski definition) is 0. The van der Waals surface area contributed by atoms with Crippen LogP contribution in [-0.2, 0) is 0 Å². The summed E-state index contributed by atoms with van der Waals surface area (Å²) in [7, 11) is 0. The minimum atomic E-state index is 0.512. The Morgan fingerprint density at radius 2 is 0.662 bits per heavy atom. The first-order chi connectivity index (χ1) is 33.2. The topological polar surface area (TPSA) is 45.2 Å². The molecule has 0 bridgehead atoms. The van der Waals surface area contributed by atoms with Crippen LogP contribution in [0.1, 0.15) is 33.4 Å². The Morgan fingerprint density at radius 3 is 1.16 bits per heavy atom. The van der Waals surface area contributed by atoms with Crippen molar-refractivity contribution < 1.29 is 0 Å². The number of aromatic nitrogens is 3. The smallest absolute Gasteiger partial charge is 0.238 e. The van der Waals surface area contributed by atoms with Crippen LogP contribution in [0.4, 0.5) is 34.4 Å². The van der Waals surface area contributed by atoms with Crippen LogP contribution in [0.15, 0.2) is 212 Å². The van der Waals surface area contributed by atoms with E-state index >= 15 is 0 Å². The molecule has 1 heterocycles. The van der Waals surface area contributed by atoms with Gasteiger partial charge in [-0.25, -0.2) is 4.98 Å². The summed E-state index contributed by atoms with van der Waals surface area (Å²) < 4.78 is 0. The SMILES string of the molecule is Cc1cc(C)c(N(c2ccc(N(c3cccc(-c4ccccc4)c3)c3nc(-c4ccccc4)nc(-c4ccc(-c5ccccc5-c5ccccc5)cc4)n3)cc2)c2c(C)cc(C)cc2C)c(C)c1. The van der Waals surface area contributed by atoms with Crippen molar-refractivity contribution in [1.82, 2.24) is 15.0 Å². The van der Waals surface area contributed by atoms with Crippen LogP contribution in [0.3, 0.4) is 0 Å². The lowest BCUT2D eigenvalue weighted by atomic mass is 9.94. The highest BCUT2D eigenvalue weighted by molar-refractivity contribution is 5.87. The van der Waals surface area contributed by atoms with E-state index in [1.807, 2.05) is 18.2 Å². The maximum Gasteiger partial charge on any atom is 0.238 e. The van der Waals surface area contributed by atoms with Gasteiger partial charge < -0.3 is 4.90 Å². The third-order valence-electron chi connectivity index (χ3n) is 12.6. The minimum absolute atomic E-state index is 0.512. The standard InChI is InChI=1S/C63H53N5/c1-42-37-44(3)59(45(4)38-42)68(60-46(5)39-43(2)40-47(60)6)55-35-33-54(34-36-55)67(56-26-18-25-53(41-56)48-19-10-7-11-20-48)63-65-61(51-23-14-9-15-24-51)64-62(66-63)52-31-29-50(30-32-52)58-28-17-16-27-57(58)49-21-12-8-13-22-49/h7-41H,1-6H3. The Balaban J connectivity index is 1.14. The lowest BCUT2D eigenvalue weighted by Gasteiger charge is -2.32. The molecule has 0 aliphatic carbocycles. The first-order valence-corrected chi connectivity index (χ1v) is 23.3. The van der Waals surface area contributed by atoms with Gasteiger partial charge >= 0.3 is 0 Å². The summed E-state index contributed by atoms with van der Waals surface area (Å²) >= 11 is 0. The fourth-order valence-electron chi connectivity index (χ4n) is 9.72. The van der Waals surface area contributed by atoms with Gasteiger partial charge in [-0.1, -0.05) is 187 Å². The van der Waals surface area contributed by atoms with Crippen LogP contribution in [0.25, 0.3) is 56.2 Å². The van der Waals surface area contributed by atoms with Crippen LogP contribution >= 0.6 is 0 Å². The molecule has 9 aromatic carbocycles. The van der Waals surface area contributed by atoms with Crippen molar-refractivity contribution in [3.8, 4) is 56.2 Å². The molecule has 0 saturated heterocycles. The van der Waals surface area contributed by atoms with Crippen LogP contribution in [0.5, 0.6) is 0 Å². The van der Waals surface area contributed by atoms with Gasteiger partial charge in [0.05, 0.1) is 11.4 Å². The van der Waals surface area contributed by atoms with Crippen LogP contribution in [-0.4, -0.2) is 15.0 Å². The molecule has 1 aromatic heterocycles. The molecular weight excluding hydrogens is 827 g/mol.